The summed E-state index contributed by atoms with van der Waals surface area (Å²) < 4.78 is 4.89. The van der Waals surface area contributed by atoms with Gasteiger partial charge in [0.05, 0.1) is 19.2 Å². The molecule has 0 aliphatic rings. The van der Waals surface area contributed by atoms with E-state index in [-0.39, 0.29) is 18.9 Å². The van der Waals surface area contributed by atoms with Crippen LogP contribution in [0.3, 0.4) is 0 Å². The summed E-state index contributed by atoms with van der Waals surface area (Å²) in [6, 6.07) is 2.04. The molecule has 102 valence electrons. The first-order valence-electron chi connectivity index (χ1n) is 6.19. The van der Waals surface area contributed by atoms with E-state index < -0.39 is 11.4 Å². The Morgan fingerprint density at radius 2 is 1.94 bits per heavy atom. The van der Waals surface area contributed by atoms with Gasteiger partial charge in [-0.05, 0) is 27.3 Å². The van der Waals surface area contributed by atoms with E-state index in [9.17, 15) is 9.59 Å². The number of ether oxygens (including phenoxy) is 1. The van der Waals surface area contributed by atoms with Gasteiger partial charge < -0.3 is 4.74 Å². The topological polar surface area (TPSA) is 70.4 Å². The van der Waals surface area contributed by atoms with Gasteiger partial charge in [0.25, 0.3) is 0 Å². The lowest BCUT2D eigenvalue weighted by atomic mass is 9.88. The van der Waals surface area contributed by atoms with E-state index in [1.807, 2.05) is 17.9 Å². The second-order valence-electron chi connectivity index (χ2n) is 4.55. The quantitative estimate of drug-likeness (QED) is 0.483. The summed E-state index contributed by atoms with van der Waals surface area (Å²) in [5.41, 5.74) is -1.13. The number of carbonyl (C=O) groups excluding carboxylic acids is 2. The van der Waals surface area contributed by atoms with Crippen molar-refractivity contribution in [1.82, 2.24) is 4.90 Å². The Morgan fingerprint density at radius 1 is 1.33 bits per heavy atom. The van der Waals surface area contributed by atoms with Gasteiger partial charge in [0.1, 0.15) is 5.41 Å². The van der Waals surface area contributed by atoms with Crippen molar-refractivity contribution in [2.24, 2.45) is 5.41 Å². The van der Waals surface area contributed by atoms with Crippen molar-refractivity contribution in [3.63, 3.8) is 0 Å². The lowest BCUT2D eigenvalue weighted by Gasteiger charge is -2.25. The first-order valence-corrected chi connectivity index (χ1v) is 6.19. The minimum atomic E-state index is -1.13. The highest BCUT2D eigenvalue weighted by Gasteiger charge is 2.37. The fourth-order valence-electron chi connectivity index (χ4n) is 1.38. The maximum atomic E-state index is 12.1. The molecule has 0 unspecified atom stereocenters. The molecule has 0 bridgehead atoms. The van der Waals surface area contributed by atoms with Crippen LogP contribution in [0.25, 0.3) is 0 Å². The third-order valence-corrected chi connectivity index (χ3v) is 2.84. The Balaban J connectivity index is 4.53. The molecule has 0 heterocycles. The van der Waals surface area contributed by atoms with Crippen LogP contribution in [0.4, 0.5) is 0 Å². The molecule has 0 radical (unpaired) electrons. The molecule has 0 aromatic carbocycles. The Bertz CT molecular complexity index is 332. The minimum Gasteiger partial charge on any atom is -0.465 e. The average molecular weight is 254 g/mol. The zero-order valence-electron chi connectivity index (χ0n) is 11.7. The first kappa shape index (κ1) is 16.6. The van der Waals surface area contributed by atoms with Crippen LogP contribution in [-0.4, -0.2) is 42.9 Å². The Hall–Kier alpha value is -1.41. The first-order chi connectivity index (χ1) is 8.39. The van der Waals surface area contributed by atoms with Crippen LogP contribution in [0, 0.1) is 16.7 Å². The van der Waals surface area contributed by atoms with Crippen molar-refractivity contribution in [3.05, 3.63) is 0 Å². The van der Waals surface area contributed by atoms with Crippen molar-refractivity contribution in [3.8, 4) is 6.07 Å². The maximum absolute atomic E-state index is 12.1. The largest absolute Gasteiger partial charge is 0.465 e. The van der Waals surface area contributed by atoms with E-state index in [0.29, 0.717) is 19.5 Å². The van der Waals surface area contributed by atoms with E-state index in [0.717, 1.165) is 0 Å². The Labute approximate surface area is 109 Å². The van der Waals surface area contributed by atoms with E-state index in [1.165, 1.54) is 0 Å². The SMILES string of the molecule is CCOC(=O)C(C)(C)C(=O)CN(CC)CCC#N. The predicted molar refractivity (Wildman–Crippen MR) is 67.8 cm³/mol. The molecule has 0 aromatic heterocycles. The smallest absolute Gasteiger partial charge is 0.319 e. The van der Waals surface area contributed by atoms with Crippen LogP contribution >= 0.6 is 0 Å². The van der Waals surface area contributed by atoms with Gasteiger partial charge in [0.2, 0.25) is 0 Å². The van der Waals surface area contributed by atoms with Gasteiger partial charge in [-0.15, -0.1) is 0 Å². The molecule has 5 nitrogen and oxygen atoms in total. The van der Waals surface area contributed by atoms with Gasteiger partial charge in [0.15, 0.2) is 5.78 Å². The highest BCUT2D eigenvalue weighted by atomic mass is 16.5. The van der Waals surface area contributed by atoms with Crippen molar-refractivity contribution in [2.45, 2.75) is 34.1 Å². The summed E-state index contributed by atoms with van der Waals surface area (Å²) in [4.78, 5) is 25.6. The molecule has 0 saturated heterocycles. The molecule has 5 heteroatoms. The molecule has 0 N–H and O–H groups in total. The van der Waals surface area contributed by atoms with Gasteiger partial charge in [-0.3, -0.25) is 14.5 Å². The Morgan fingerprint density at radius 3 is 2.39 bits per heavy atom. The number of nitrogens with zero attached hydrogens (tertiary/aromatic N) is 2. The van der Waals surface area contributed by atoms with Gasteiger partial charge in [-0.1, -0.05) is 6.92 Å². The monoisotopic (exact) mass is 254 g/mol. The summed E-state index contributed by atoms with van der Waals surface area (Å²) in [5, 5.41) is 8.53. The van der Waals surface area contributed by atoms with Crippen LogP contribution in [0.1, 0.15) is 34.1 Å². The van der Waals surface area contributed by atoms with Crippen LogP contribution in [0.15, 0.2) is 0 Å². The molecular weight excluding hydrogens is 232 g/mol. The van der Waals surface area contributed by atoms with Gasteiger partial charge >= 0.3 is 5.97 Å². The summed E-state index contributed by atoms with van der Waals surface area (Å²) in [5.74, 6) is -0.674. The molecule has 0 aliphatic carbocycles. The summed E-state index contributed by atoms with van der Waals surface area (Å²) in [6.45, 7) is 8.43. The number of carbonyl (C=O) groups is 2. The zero-order chi connectivity index (χ0) is 14.2. The number of ketones is 1. The zero-order valence-corrected chi connectivity index (χ0v) is 11.7. The van der Waals surface area contributed by atoms with Crippen molar-refractivity contribution in [2.75, 3.05) is 26.2 Å². The molecule has 18 heavy (non-hydrogen) atoms. The molecule has 0 rings (SSSR count). The highest BCUT2D eigenvalue weighted by Crippen LogP contribution is 2.19. The minimum absolute atomic E-state index is 0.171. The van der Waals surface area contributed by atoms with Crippen LogP contribution < -0.4 is 0 Å². The van der Waals surface area contributed by atoms with Crippen LogP contribution in [0.5, 0.6) is 0 Å². The fraction of sp³-hybridized carbons (Fsp3) is 0.769. The number of likely N-dealkylation sites (N-methyl/N-ethyl adjacent to an activating group) is 1. The van der Waals surface area contributed by atoms with Crippen LogP contribution in [0.2, 0.25) is 0 Å². The van der Waals surface area contributed by atoms with Crippen molar-refractivity contribution in [1.29, 1.82) is 5.26 Å². The molecule has 0 aromatic rings. The Kier molecular flexibility index (Phi) is 7.21. The van der Waals surface area contributed by atoms with E-state index >= 15 is 0 Å². The summed E-state index contributed by atoms with van der Waals surface area (Å²) in [6.07, 6.45) is 0.376. The summed E-state index contributed by atoms with van der Waals surface area (Å²) >= 11 is 0. The van der Waals surface area contributed by atoms with Crippen molar-refractivity contribution >= 4 is 11.8 Å². The average Bonchev–Trinajstić information content (AvgIpc) is 2.34. The lowest BCUT2D eigenvalue weighted by Crippen LogP contribution is -2.42. The number of nitriles is 1. The number of hydrogen-bond acceptors (Lipinski definition) is 5. The van der Waals surface area contributed by atoms with E-state index in [1.54, 1.807) is 20.8 Å². The molecule has 0 spiro atoms. The normalized spacial score (nSPS) is 11.1. The van der Waals surface area contributed by atoms with Gasteiger partial charge in [-0.25, -0.2) is 0 Å². The number of esters is 1. The van der Waals surface area contributed by atoms with Gasteiger partial charge in [0, 0.05) is 13.0 Å². The second kappa shape index (κ2) is 7.83. The second-order valence-corrected chi connectivity index (χ2v) is 4.55. The molecular formula is C13H22N2O3. The lowest BCUT2D eigenvalue weighted by molar-refractivity contribution is -0.158. The van der Waals surface area contributed by atoms with E-state index in [2.05, 4.69) is 0 Å². The predicted octanol–water partition coefficient (Wildman–Crippen LogP) is 1.38. The maximum Gasteiger partial charge on any atom is 0.319 e. The standard InChI is InChI=1S/C13H22N2O3/c1-5-15(9-7-8-14)10-11(16)13(3,4)12(17)18-6-2/h5-7,9-10H2,1-4H3. The number of hydrogen-bond donors (Lipinski definition) is 0. The molecule has 0 fully saturated rings. The fourth-order valence-corrected chi connectivity index (χ4v) is 1.38. The highest BCUT2D eigenvalue weighted by molar-refractivity contribution is 6.03. The molecule has 0 atom stereocenters. The summed E-state index contributed by atoms with van der Waals surface area (Å²) in [7, 11) is 0. The van der Waals surface area contributed by atoms with Gasteiger partial charge in [-0.2, -0.15) is 5.26 Å². The number of Topliss-reactive ketones (excluding diaryl/α,β-unsaturated/α-hetero) is 1. The molecule has 0 amide bonds. The third kappa shape index (κ3) is 4.84. The van der Waals surface area contributed by atoms with Crippen LogP contribution in [-0.2, 0) is 14.3 Å². The van der Waals surface area contributed by atoms with Crippen molar-refractivity contribution < 1.29 is 14.3 Å². The molecule has 0 aliphatic heterocycles. The number of rotatable bonds is 8. The third-order valence-electron chi connectivity index (χ3n) is 2.84. The molecule has 0 saturated carbocycles. The van der Waals surface area contributed by atoms with E-state index in [4.69, 9.17) is 10.00 Å².